The van der Waals surface area contributed by atoms with Gasteiger partial charge in [0, 0.05) is 28.3 Å². The largest absolute Gasteiger partial charge is 0.338 e. The van der Waals surface area contributed by atoms with Gasteiger partial charge in [-0.05, 0) is 53.1 Å². The zero-order valence-corrected chi connectivity index (χ0v) is 12.1. The summed E-state index contributed by atoms with van der Waals surface area (Å²) in [5.74, 6) is 0.512. The van der Waals surface area contributed by atoms with E-state index in [2.05, 4.69) is 29.5 Å². The molecule has 1 heterocycles. The molecule has 1 amide bonds. The summed E-state index contributed by atoms with van der Waals surface area (Å²) >= 11 is 2.23. The fourth-order valence-electron chi connectivity index (χ4n) is 2.15. The predicted molar refractivity (Wildman–Crippen MR) is 76.8 cm³/mol. The van der Waals surface area contributed by atoms with E-state index < -0.39 is 0 Å². The van der Waals surface area contributed by atoms with E-state index in [4.69, 9.17) is 5.73 Å². The third-order valence-electron chi connectivity index (χ3n) is 3.33. The average molecular weight is 344 g/mol. The highest BCUT2D eigenvalue weighted by Crippen LogP contribution is 2.18. The normalized spacial score (nSPS) is 24.8. The van der Waals surface area contributed by atoms with Crippen molar-refractivity contribution < 1.29 is 4.79 Å². The number of hydrogen-bond acceptors (Lipinski definition) is 2. The maximum Gasteiger partial charge on any atom is 0.253 e. The zero-order valence-electron chi connectivity index (χ0n) is 9.90. The SMILES string of the molecule is CC1CN(C(=O)c2cccc(I)c2)CCC1N. The van der Waals surface area contributed by atoms with Crippen LogP contribution in [0.4, 0.5) is 0 Å². The Morgan fingerprint density at radius 3 is 2.94 bits per heavy atom. The molecule has 4 heteroatoms. The second-order valence-corrected chi connectivity index (χ2v) is 5.94. The molecule has 2 rings (SSSR count). The lowest BCUT2D eigenvalue weighted by Crippen LogP contribution is -2.48. The average Bonchev–Trinajstić information content (AvgIpc) is 2.32. The molecule has 0 radical (unpaired) electrons. The smallest absolute Gasteiger partial charge is 0.253 e. The Balaban J connectivity index is 2.10. The van der Waals surface area contributed by atoms with Crippen molar-refractivity contribution in [3.63, 3.8) is 0 Å². The Hall–Kier alpha value is -0.620. The Morgan fingerprint density at radius 2 is 2.29 bits per heavy atom. The maximum atomic E-state index is 12.3. The molecule has 92 valence electrons. The number of carbonyl (C=O) groups is 1. The van der Waals surface area contributed by atoms with Crippen molar-refractivity contribution in [1.82, 2.24) is 4.90 Å². The molecule has 0 aromatic heterocycles. The minimum Gasteiger partial charge on any atom is -0.338 e. The van der Waals surface area contributed by atoms with Gasteiger partial charge >= 0.3 is 0 Å². The number of amides is 1. The summed E-state index contributed by atoms with van der Waals surface area (Å²) in [4.78, 5) is 14.2. The van der Waals surface area contributed by atoms with Crippen molar-refractivity contribution in [2.75, 3.05) is 13.1 Å². The predicted octanol–water partition coefficient (Wildman–Crippen LogP) is 2.10. The zero-order chi connectivity index (χ0) is 12.4. The molecule has 2 atom stereocenters. The maximum absolute atomic E-state index is 12.3. The van der Waals surface area contributed by atoms with Gasteiger partial charge in [-0.1, -0.05) is 13.0 Å². The van der Waals surface area contributed by atoms with Crippen LogP contribution in [-0.4, -0.2) is 29.9 Å². The summed E-state index contributed by atoms with van der Waals surface area (Å²) in [6, 6.07) is 7.96. The number of nitrogens with zero attached hydrogens (tertiary/aromatic N) is 1. The van der Waals surface area contributed by atoms with Gasteiger partial charge in [-0.15, -0.1) is 0 Å². The molecule has 0 bridgehead atoms. The van der Waals surface area contributed by atoms with E-state index in [0.29, 0.717) is 5.92 Å². The molecule has 0 spiro atoms. The molecule has 1 aliphatic heterocycles. The molecule has 0 saturated carbocycles. The lowest BCUT2D eigenvalue weighted by molar-refractivity contribution is 0.0664. The highest BCUT2D eigenvalue weighted by Gasteiger charge is 2.26. The van der Waals surface area contributed by atoms with Gasteiger partial charge in [0.25, 0.3) is 5.91 Å². The second kappa shape index (κ2) is 5.35. The van der Waals surface area contributed by atoms with E-state index in [1.165, 1.54) is 0 Å². The van der Waals surface area contributed by atoms with Crippen molar-refractivity contribution in [2.45, 2.75) is 19.4 Å². The van der Waals surface area contributed by atoms with Crippen LogP contribution in [0.25, 0.3) is 0 Å². The van der Waals surface area contributed by atoms with Crippen LogP contribution in [-0.2, 0) is 0 Å². The van der Waals surface area contributed by atoms with Crippen LogP contribution < -0.4 is 5.73 Å². The number of benzene rings is 1. The van der Waals surface area contributed by atoms with Crippen molar-refractivity contribution in [1.29, 1.82) is 0 Å². The summed E-state index contributed by atoms with van der Waals surface area (Å²) in [5, 5.41) is 0. The van der Waals surface area contributed by atoms with Gasteiger partial charge in [0.05, 0.1) is 0 Å². The van der Waals surface area contributed by atoms with Gasteiger partial charge < -0.3 is 10.6 Å². The van der Waals surface area contributed by atoms with Crippen LogP contribution in [0.3, 0.4) is 0 Å². The third-order valence-corrected chi connectivity index (χ3v) is 4.00. The number of rotatable bonds is 1. The number of piperidine rings is 1. The quantitative estimate of drug-likeness (QED) is 0.793. The van der Waals surface area contributed by atoms with Crippen molar-refractivity contribution in [3.8, 4) is 0 Å². The molecule has 1 aromatic rings. The molecule has 1 fully saturated rings. The Kier molecular flexibility index (Phi) is 4.04. The van der Waals surface area contributed by atoms with Gasteiger partial charge in [-0.3, -0.25) is 4.79 Å². The molecule has 0 aliphatic carbocycles. The fourth-order valence-corrected chi connectivity index (χ4v) is 2.70. The van der Waals surface area contributed by atoms with Gasteiger partial charge in [-0.2, -0.15) is 0 Å². The fraction of sp³-hybridized carbons (Fsp3) is 0.462. The Labute approximate surface area is 116 Å². The first-order valence-electron chi connectivity index (χ1n) is 5.88. The van der Waals surface area contributed by atoms with Crippen molar-refractivity contribution >= 4 is 28.5 Å². The van der Waals surface area contributed by atoms with Gasteiger partial charge in [0.2, 0.25) is 0 Å². The van der Waals surface area contributed by atoms with E-state index >= 15 is 0 Å². The molecule has 2 N–H and O–H groups in total. The molecule has 1 aliphatic rings. The summed E-state index contributed by atoms with van der Waals surface area (Å²) in [7, 11) is 0. The summed E-state index contributed by atoms with van der Waals surface area (Å²) < 4.78 is 1.09. The lowest BCUT2D eigenvalue weighted by Gasteiger charge is -2.35. The van der Waals surface area contributed by atoms with Crippen LogP contribution in [0.15, 0.2) is 24.3 Å². The molecular formula is C13H17IN2O. The van der Waals surface area contributed by atoms with Crippen molar-refractivity contribution in [2.24, 2.45) is 11.7 Å². The van der Waals surface area contributed by atoms with Crippen LogP contribution >= 0.6 is 22.6 Å². The Morgan fingerprint density at radius 1 is 1.53 bits per heavy atom. The lowest BCUT2D eigenvalue weighted by atomic mass is 9.94. The summed E-state index contributed by atoms with van der Waals surface area (Å²) in [6.45, 7) is 3.65. The van der Waals surface area contributed by atoms with Crippen LogP contribution in [0.1, 0.15) is 23.7 Å². The molecule has 2 unspecified atom stereocenters. The monoisotopic (exact) mass is 344 g/mol. The van der Waals surface area contributed by atoms with Gasteiger partial charge in [0.1, 0.15) is 0 Å². The number of carbonyl (C=O) groups excluding carboxylic acids is 1. The first-order valence-corrected chi connectivity index (χ1v) is 6.96. The molecule has 3 nitrogen and oxygen atoms in total. The number of hydrogen-bond donors (Lipinski definition) is 1. The van der Waals surface area contributed by atoms with E-state index in [1.807, 2.05) is 29.2 Å². The Bertz CT molecular complexity index is 422. The molecule has 1 aromatic carbocycles. The van der Waals surface area contributed by atoms with Crippen LogP contribution in [0.5, 0.6) is 0 Å². The standard InChI is InChI=1S/C13H17IN2O/c1-9-8-16(6-5-12(9)15)13(17)10-3-2-4-11(14)7-10/h2-4,7,9,12H,5-6,8,15H2,1H3. The molecule has 17 heavy (non-hydrogen) atoms. The van der Waals surface area contributed by atoms with Crippen LogP contribution in [0, 0.1) is 9.49 Å². The van der Waals surface area contributed by atoms with E-state index in [9.17, 15) is 4.79 Å². The second-order valence-electron chi connectivity index (χ2n) is 4.69. The number of nitrogens with two attached hydrogens (primary N) is 1. The first kappa shape index (κ1) is 12.8. The van der Waals surface area contributed by atoms with E-state index in [-0.39, 0.29) is 11.9 Å². The number of likely N-dealkylation sites (tertiary alicyclic amines) is 1. The summed E-state index contributed by atoms with van der Waals surface area (Å²) in [6.07, 6.45) is 0.900. The minimum absolute atomic E-state index is 0.127. The third kappa shape index (κ3) is 2.98. The molecule has 1 saturated heterocycles. The van der Waals surface area contributed by atoms with Gasteiger partial charge in [-0.25, -0.2) is 0 Å². The van der Waals surface area contributed by atoms with Gasteiger partial charge in [0.15, 0.2) is 0 Å². The highest BCUT2D eigenvalue weighted by atomic mass is 127. The topological polar surface area (TPSA) is 46.3 Å². The first-order chi connectivity index (χ1) is 8.08. The van der Waals surface area contributed by atoms with Crippen LogP contribution in [0.2, 0.25) is 0 Å². The number of halogens is 1. The highest BCUT2D eigenvalue weighted by molar-refractivity contribution is 14.1. The van der Waals surface area contributed by atoms with Crippen molar-refractivity contribution in [3.05, 3.63) is 33.4 Å². The molecular weight excluding hydrogens is 327 g/mol. The minimum atomic E-state index is 0.127. The van der Waals surface area contributed by atoms with E-state index in [1.54, 1.807) is 0 Å². The van der Waals surface area contributed by atoms with E-state index in [0.717, 1.165) is 28.6 Å². The summed E-state index contributed by atoms with van der Waals surface area (Å²) in [5.41, 5.74) is 6.74.